The first-order chi connectivity index (χ1) is 25.6. The van der Waals surface area contributed by atoms with E-state index >= 15 is 0 Å². The van der Waals surface area contributed by atoms with Crippen LogP contribution in [-0.4, -0.2) is 89.0 Å². The summed E-state index contributed by atoms with van der Waals surface area (Å²) in [5, 5.41) is 31.0. The van der Waals surface area contributed by atoms with Gasteiger partial charge in [0, 0.05) is 56.8 Å². The second-order valence-electron chi connectivity index (χ2n) is 14.4. The molecule has 0 radical (unpaired) electrons. The molecule has 12 nitrogen and oxygen atoms in total. The normalized spacial score (nSPS) is 20.7. The molecule has 5 aromatic rings. The third-order valence-electron chi connectivity index (χ3n) is 10.8. The van der Waals surface area contributed by atoms with Gasteiger partial charge in [0.2, 0.25) is 0 Å². The van der Waals surface area contributed by atoms with E-state index in [0.29, 0.717) is 54.2 Å². The standard InChI is InChI=1S/C39H43F2N9O3/c1-22-27(6-3-8-29(22)43-37-35-31(44-38(46-37)36(40)41)16-24(18-42-35)19-48-14-11-25(51)20-48)28-7-4-9-30(23(28)2)45-39(53)32-17-34-33(10-5-13-50(34)47-32)49-15-12-26(52)21-49/h3-4,6-9,16-18,25-26,33,36,51-52H,5,10-15,19-21H2,1-2H3,(H,45,53)(H,43,44,46)/t25-,26-,33?/m1/s1. The van der Waals surface area contributed by atoms with Crippen molar-refractivity contribution in [1.82, 2.24) is 34.5 Å². The third kappa shape index (κ3) is 7.11. The number of hydrogen-bond donors (Lipinski definition) is 4. The Kier molecular flexibility index (Phi) is 9.62. The largest absolute Gasteiger partial charge is 0.392 e. The van der Waals surface area contributed by atoms with Crippen molar-refractivity contribution in [1.29, 1.82) is 0 Å². The highest BCUT2D eigenvalue weighted by atomic mass is 19.3. The summed E-state index contributed by atoms with van der Waals surface area (Å²) >= 11 is 0. The number of halogens is 2. The van der Waals surface area contributed by atoms with Crippen LogP contribution in [0.5, 0.6) is 0 Å². The lowest BCUT2D eigenvalue weighted by atomic mass is 9.94. The number of anilines is 3. The van der Waals surface area contributed by atoms with Gasteiger partial charge in [0.1, 0.15) is 5.52 Å². The molecule has 2 saturated heterocycles. The van der Waals surface area contributed by atoms with E-state index in [1.165, 1.54) is 0 Å². The number of pyridine rings is 1. The third-order valence-corrected chi connectivity index (χ3v) is 10.8. The van der Waals surface area contributed by atoms with Crippen molar-refractivity contribution in [2.45, 2.75) is 77.3 Å². The molecular weight excluding hydrogens is 680 g/mol. The van der Waals surface area contributed by atoms with Crippen molar-refractivity contribution < 1.29 is 23.8 Å². The molecule has 0 saturated carbocycles. The molecule has 0 aliphatic carbocycles. The summed E-state index contributed by atoms with van der Waals surface area (Å²) in [6.45, 7) is 7.96. The number of nitrogens with zero attached hydrogens (tertiary/aromatic N) is 7. The number of β-amino-alcohol motifs (C(OH)–C–C–N with tert-alkyl or cyclic N) is 2. The summed E-state index contributed by atoms with van der Waals surface area (Å²) in [5.41, 5.74) is 7.70. The van der Waals surface area contributed by atoms with Crippen LogP contribution in [0, 0.1) is 13.8 Å². The van der Waals surface area contributed by atoms with Gasteiger partial charge in [-0.3, -0.25) is 24.3 Å². The summed E-state index contributed by atoms with van der Waals surface area (Å²) in [4.78, 5) is 30.9. The van der Waals surface area contributed by atoms with Crippen LogP contribution in [0.3, 0.4) is 0 Å². The number of aromatic nitrogens is 5. The van der Waals surface area contributed by atoms with Gasteiger partial charge < -0.3 is 20.8 Å². The van der Waals surface area contributed by atoms with Gasteiger partial charge in [0.25, 0.3) is 12.3 Å². The van der Waals surface area contributed by atoms with Crippen LogP contribution in [0.4, 0.5) is 26.0 Å². The fourth-order valence-electron chi connectivity index (χ4n) is 8.00. The number of nitrogens with one attached hydrogen (secondary N) is 2. The minimum atomic E-state index is -2.88. The van der Waals surface area contributed by atoms with E-state index in [1.807, 2.05) is 61.0 Å². The van der Waals surface area contributed by atoms with Gasteiger partial charge in [-0.05, 0) is 91.6 Å². The number of aryl methyl sites for hydroxylation is 1. The molecule has 2 fully saturated rings. The fraction of sp³-hybridized carbons (Fsp3) is 0.410. The van der Waals surface area contributed by atoms with E-state index in [-0.39, 0.29) is 30.0 Å². The van der Waals surface area contributed by atoms with E-state index in [1.54, 1.807) is 12.3 Å². The average molecular weight is 724 g/mol. The summed E-state index contributed by atoms with van der Waals surface area (Å²) in [6, 6.07) is 15.2. The van der Waals surface area contributed by atoms with Gasteiger partial charge in [-0.25, -0.2) is 18.7 Å². The van der Waals surface area contributed by atoms with Crippen LogP contribution in [0.2, 0.25) is 0 Å². The number of carbonyl (C=O) groups excluding carboxylic acids is 1. The lowest BCUT2D eigenvalue weighted by molar-refractivity contribution is 0.102. The first kappa shape index (κ1) is 35.2. The number of aliphatic hydroxyl groups is 2. The van der Waals surface area contributed by atoms with Crippen molar-refractivity contribution in [2.75, 3.05) is 36.8 Å². The van der Waals surface area contributed by atoms with Crippen molar-refractivity contribution in [3.8, 4) is 11.1 Å². The summed E-state index contributed by atoms with van der Waals surface area (Å²) in [5.74, 6) is -0.705. The lowest BCUT2D eigenvalue weighted by Crippen LogP contribution is -2.32. The quantitative estimate of drug-likeness (QED) is 0.145. The average Bonchev–Trinajstić information content (AvgIpc) is 3.89. The van der Waals surface area contributed by atoms with Gasteiger partial charge in [0.15, 0.2) is 17.3 Å². The number of alkyl halides is 2. The summed E-state index contributed by atoms with van der Waals surface area (Å²) in [7, 11) is 0. The smallest absolute Gasteiger partial charge is 0.297 e. The molecule has 3 aromatic heterocycles. The molecule has 6 heterocycles. The van der Waals surface area contributed by atoms with Crippen molar-refractivity contribution in [3.63, 3.8) is 0 Å². The molecular formula is C39H43F2N9O3. The molecule has 1 amide bonds. The SMILES string of the molecule is Cc1c(NC(=O)c2cc3n(n2)CCCC3N2CC[C@@H](O)C2)cccc1-c1cccc(Nc2nc(C(F)F)nc3cc(CN4CC[C@@H](O)C4)cnc23)c1C. The van der Waals surface area contributed by atoms with Crippen LogP contribution >= 0.6 is 0 Å². The van der Waals surface area contributed by atoms with Gasteiger partial charge in [0.05, 0.1) is 29.5 Å². The maximum atomic E-state index is 14.0. The molecule has 2 aromatic carbocycles. The minimum Gasteiger partial charge on any atom is -0.392 e. The van der Waals surface area contributed by atoms with E-state index < -0.39 is 12.2 Å². The van der Waals surface area contributed by atoms with Gasteiger partial charge in [-0.1, -0.05) is 24.3 Å². The number of carbonyl (C=O) groups is 1. The van der Waals surface area contributed by atoms with Gasteiger partial charge in [-0.2, -0.15) is 5.10 Å². The van der Waals surface area contributed by atoms with Gasteiger partial charge >= 0.3 is 0 Å². The summed E-state index contributed by atoms with van der Waals surface area (Å²) in [6.07, 6.45) is 1.53. The van der Waals surface area contributed by atoms with E-state index in [2.05, 4.69) is 40.5 Å². The Hall–Kier alpha value is -4.89. The van der Waals surface area contributed by atoms with E-state index in [9.17, 15) is 23.8 Å². The highest BCUT2D eigenvalue weighted by Gasteiger charge is 2.33. The lowest BCUT2D eigenvalue weighted by Gasteiger charge is -2.31. The van der Waals surface area contributed by atoms with Crippen LogP contribution < -0.4 is 10.6 Å². The number of likely N-dealkylation sites (tertiary alicyclic amines) is 2. The van der Waals surface area contributed by atoms with Crippen molar-refractivity contribution >= 4 is 34.1 Å². The molecule has 1 unspecified atom stereocenters. The molecule has 8 rings (SSSR count). The highest BCUT2D eigenvalue weighted by Crippen LogP contribution is 2.37. The Morgan fingerprint density at radius 1 is 0.925 bits per heavy atom. The molecule has 53 heavy (non-hydrogen) atoms. The number of hydrogen-bond acceptors (Lipinski definition) is 10. The molecule has 3 aliphatic heterocycles. The topological polar surface area (TPSA) is 145 Å². The van der Waals surface area contributed by atoms with E-state index in [0.717, 1.165) is 72.4 Å². The van der Waals surface area contributed by atoms with Crippen LogP contribution in [0.25, 0.3) is 22.2 Å². The number of aliphatic hydroxyl groups excluding tert-OH is 2. The van der Waals surface area contributed by atoms with Crippen LogP contribution in [0.15, 0.2) is 54.7 Å². The second kappa shape index (κ2) is 14.5. The molecule has 3 aliphatic rings. The Bertz CT molecular complexity index is 2180. The monoisotopic (exact) mass is 723 g/mol. The zero-order chi connectivity index (χ0) is 36.8. The Balaban J connectivity index is 1.04. The first-order valence-electron chi connectivity index (χ1n) is 18.2. The van der Waals surface area contributed by atoms with Crippen LogP contribution in [0.1, 0.15) is 76.8 Å². The minimum absolute atomic E-state index is 0.134. The number of fused-ring (bicyclic) bond motifs is 2. The second-order valence-corrected chi connectivity index (χ2v) is 14.4. The first-order valence-corrected chi connectivity index (χ1v) is 18.2. The zero-order valence-electron chi connectivity index (χ0n) is 29.8. The number of benzene rings is 2. The molecule has 4 N–H and O–H groups in total. The Morgan fingerprint density at radius 3 is 2.38 bits per heavy atom. The Labute approximate surface area is 305 Å². The molecule has 14 heteroatoms. The predicted molar refractivity (Wildman–Crippen MR) is 197 cm³/mol. The fourth-order valence-corrected chi connectivity index (χ4v) is 8.00. The van der Waals surface area contributed by atoms with Crippen LogP contribution in [-0.2, 0) is 13.1 Å². The number of rotatable bonds is 9. The maximum absolute atomic E-state index is 14.0. The molecule has 3 atom stereocenters. The van der Waals surface area contributed by atoms with Gasteiger partial charge in [-0.15, -0.1) is 0 Å². The summed E-state index contributed by atoms with van der Waals surface area (Å²) < 4.78 is 30.0. The molecule has 276 valence electrons. The highest BCUT2D eigenvalue weighted by molar-refractivity contribution is 6.04. The van der Waals surface area contributed by atoms with E-state index in [4.69, 9.17) is 0 Å². The molecule has 0 bridgehead atoms. The predicted octanol–water partition coefficient (Wildman–Crippen LogP) is 5.91. The Morgan fingerprint density at radius 2 is 1.66 bits per heavy atom. The molecule has 0 spiro atoms. The van der Waals surface area contributed by atoms with Crippen molar-refractivity contribution in [2.24, 2.45) is 0 Å². The maximum Gasteiger partial charge on any atom is 0.297 e. The number of amides is 1. The zero-order valence-corrected chi connectivity index (χ0v) is 29.8. The van der Waals surface area contributed by atoms with Crippen molar-refractivity contribution in [3.05, 3.63) is 88.6 Å².